The molecule has 172 valence electrons. The fourth-order valence-electron chi connectivity index (χ4n) is 3.88. The van der Waals surface area contributed by atoms with E-state index in [1.54, 1.807) is 55.3 Å². The number of rotatable bonds is 6. The van der Waals surface area contributed by atoms with Crippen LogP contribution in [0.15, 0.2) is 77.7 Å². The highest BCUT2D eigenvalue weighted by atomic mass is 32.2. The van der Waals surface area contributed by atoms with Crippen molar-refractivity contribution in [1.82, 2.24) is 4.90 Å². The highest BCUT2D eigenvalue weighted by Gasteiger charge is 2.25. The Morgan fingerprint density at radius 2 is 1.58 bits per heavy atom. The van der Waals surface area contributed by atoms with Crippen molar-refractivity contribution in [3.63, 3.8) is 0 Å². The number of carbonyl (C=O) groups is 1. The second kappa shape index (κ2) is 9.54. The second-order valence-electron chi connectivity index (χ2n) is 7.93. The van der Waals surface area contributed by atoms with E-state index < -0.39 is 10.0 Å². The minimum Gasteiger partial charge on any atom is -0.497 e. The fraction of sp³-hybridized carbons (Fsp3) is 0.240. The molecule has 4 rings (SSSR count). The lowest BCUT2D eigenvalue weighted by atomic mass is 10.1. The van der Waals surface area contributed by atoms with E-state index in [4.69, 9.17) is 4.74 Å². The number of carbonyl (C=O) groups excluding carboxylic acids is 1. The summed E-state index contributed by atoms with van der Waals surface area (Å²) in [6.07, 6.45) is 0. The van der Waals surface area contributed by atoms with Crippen LogP contribution >= 0.6 is 0 Å². The molecule has 1 aliphatic rings. The van der Waals surface area contributed by atoms with Gasteiger partial charge in [0.05, 0.1) is 12.0 Å². The van der Waals surface area contributed by atoms with Crippen molar-refractivity contribution in [2.45, 2.75) is 11.8 Å². The minimum atomic E-state index is -3.82. The molecule has 3 aromatic carbocycles. The van der Waals surface area contributed by atoms with Gasteiger partial charge in [0.1, 0.15) is 5.75 Å². The van der Waals surface area contributed by atoms with Crippen molar-refractivity contribution in [1.29, 1.82) is 0 Å². The molecular formula is C25H27N3O4S. The van der Waals surface area contributed by atoms with Gasteiger partial charge in [-0.05, 0) is 61.0 Å². The zero-order valence-electron chi connectivity index (χ0n) is 18.7. The number of nitrogens with zero attached hydrogens (tertiary/aromatic N) is 2. The zero-order chi connectivity index (χ0) is 23.4. The van der Waals surface area contributed by atoms with Gasteiger partial charge >= 0.3 is 0 Å². The Labute approximate surface area is 194 Å². The number of benzene rings is 3. The molecule has 0 aliphatic carbocycles. The third kappa shape index (κ3) is 5.12. The van der Waals surface area contributed by atoms with Crippen molar-refractivity contribution in [3.8, 4) is 5.75 Å². The number of para-hydroxylation sites is 1. The first-order valence-corrected chi connectivity index (χ1v) is 12.2. The van der Waals surface area contributed by atoms with E-state index in [1.165, 1.54) is 6.07 Å². The Morgan fingerprint density at radius 3 is 2.21 bits per heavy atom. The molecular weight excluding hydrogens is 438 g/mol. The zero-order valence-corrected chi connectivity index (χ0v) is 19.5. The van der Waals surface area contributed by atoms with Gasteiger partial charge in [-0.1, -0.05) is 24.3 Å². The first-order chi connectivity index (χ1) is 15.9. The lowest BCUT2D eigenvalue weighted by Crippen LogP contribution is -2.48. The topological polar surface area (TPSA) is 79.0 Å². The van der Waals surface area contributed by atoms with Gasteiger partial charge in [-0.15, -0.1) is 0 Å². The third-order valence-corrected chi connectivity index (χ3v) is 7.28. The summed E-state index contributed by atoms with van der Waals surface area (Å²) in [5.74, 6) is 0.639. The van der Waals surface area contributed by atoms with Crippen LogP contribution in [0.1, 0.15) is 15.9 Å². The molecule has 1 amide bonds. The monoisotopic (exact) mass is 465 g/mol. The van der Waals surface area contributed by atoms with E-state index in [0.29, 0.717) is 43.0 Å². The standard InChI is InChI=1S/C25H27N3O4S/c1-19-8-9-20(18-24(19)33(30,31)26-21-6-4-3-5-7-21)25(29)28-16-14-27(15-17-28)22-10-12-23(32-2)13-11-22/h3-13,18,26H,14-17H2,1-2H3. The van der Waals surface area contributed by atoms with Crippen LogP contribution in [0, 0.1) is 6.92 Å². The lowest BCUT2D eigenvalue weighted by molar-refractivity contribution is 0.0746. The first kappa shape index (κ1) is 22.7. The summed E-state index contributed by atoms with van der Waals surface area (Å²) < 4.78 is 33.7. The van der Waals surface area contributed by atoms with Gasteiger partial charge in [-0.3, -0.25) is 9.52 Å². The average Bonchev–Trinajstić information content (AvgIpc) is 2.84. The summed E-state index contributed by atoms with van der Waals surface area (Å²) in [6.45, 7) is 4.24. The smallest absolute Gasteiger partial charge is 0.262 e. The molecule has 0 aromatic heterocycles. The quantitative estimate of drug-likeness (QED) is 0.600. The Bertz CT molecular complexity index is 1220. The van der Waals surface area contributed by atoms with E-state index in [9.17, 15) is 13.2 Å². The van der Waals surface area contributed by atoms with E-state index in [2.05, 4.69) is 9.62 Å². The van der Waals surface area contributed by atoms with E-state index >= 15 is 0 Å². The van der Waals surface area contributed by atoms with Crippen molar-refractivity contribution >= 4 is 27.3 Å². The molecule has 0 unspecified atom stereocenters. The number of amides is 1. The van der Waals surface area contributed by atoms with Crippen molar-refractivity contribution in [3.05, 3.63) is 83.9 Å². The van der Waals surface area contributed by atoms with Crippen LogP contribution in [0.25, 0.3) is 0 Å². The number of sulfonamides is 1. The Morgan fingerprint density at radius 1 is 0.909 bits per heavy atom. The van der Waals surface area contributed by atoms with Gasteiger partial charge in [0.2, 0.25) is 0 Å². The van der Waals surface area contributed by atoms with Gasteiger partial charge < -0.3 is 14.5 Å². The van der Waals surface area contributed by atoms with Crippen LogP contribution in [0.2, 0.25) is 0 Å². The molecule has 0 atom stereocenters. The van der Waals surface area contributed by atoms with Crippen LogP contribution in [0.5, 0.6) is 5.75 Å². The number of aryl methyl sites for hydroxylation is 1. The Balaban J connectivity index is 1.46. The fourth-order valence-corrected chi connectivity index (χ4v) is 5.21. The maximum absolute atomic E-state index is 13.2. The number of nitrogens with one attached hydrogen (secondary N) is 1. The Hall–Kier alpha value is -3.52. The van der Waals surface area contributed by atoms with Crippen molar-refractivity contribution in [2.75, 3.05) is 42.9 Å². The van der Waals surface area contributed by atoms with Gasteiger partial charge in [-0.2, -0.15) is 0 Å². The third-order valence-electron chi connectivity index (χ3n) is 5.76. The van der Waals surface area contributed by atoms with Crippen LogP contribution < -0.4 is 14.4 Å². The van der Waals surface area contributed by atoms with Crippen LogP contribution in [-0.4, -0.2) is 52.5 Å². The van der Waals surface area contributed by atoms with Gasteiger partial charge in [-0.25, -0.2) is 8.42 Å². The van der Waals surface area contributed by atoms with Crippen LogP contribution in [-0.2, 0) is 10.0 Å². The number of ether oxygens (including phenoxy) is 1. The molecule has 0 bridgehead atoms. The second-order valence-corrected chi connectivity index (χ2v) is 9.58. The maximum Gasteiger partial charge on any atom is 0.262 e. The molecule has 1 fully saturated rings. The highest BCUT2D eigenvalue weighted by Crippen LogP contribution is 2.23. The minimum absolute atomic E-state index is 0.106. The SMILES string of the molecule is COc1ccc(N2CCN(C(=O)c3ccc(C)c(S(=O)(=O)Nc4ccccc4)c3)CC2)cc1. The summed E-state index contributed by atoms with van der Waals surface area (Å²) in [5.41, 5.74) is 2.51. The highest BCUT2D eigenvalue weighted by molar-refractivity contribution is 7.92. The molecule has 33 heavy (non-hydrogen) atoms. The normalized spacial score (nSPS) is 14.1. The van der Waals surface area contributed by atoms with Gasteiger partial charge in [0.25, 0.3) is 15.9 Å². The number of hydrogen-bond donors (Lipinski definition) is 1. The molecule has 0 spiro atoms. The summed E-state index contributed by atoms with van der Waals surface area (Å²) in [5, 5.41) is 0. The molecule has 1 aliphatic heterocycles. The van der Waals surface area contributed by atoms with Crippen LogP contribution in [0.3, 0.4) is 0 Å². The molecule has 0 radical (unpaired) electrons. The molecule has 8 heteroatoms. The summed E-state index contributed by atoms with van der Waals surface area (Å²) >= 11 is 0. The molecule has 1 N–H and O–H groups in total. The van der Waals surface area contributed by atoms with Gasteiger partial charge in [0, 0.05) is 43.1 Å². The predicted octanol–water partition coefficient (Wildman–Crippen LogP) is 3.77. The van der Waals surface area contributed by atoms with E-state index in [0.717, 1.165) is 11.4 Å². The van der Waals surface area contributed by atoms with E-state index in [-0.39, 0.29) is 10.8 Å². The number of hydrogen-bond acceptors (Lipinski definition) is 5. The van der Waals surface area contributed by atoms with Crippen LogP contribution in [0.4, 0.5) is 11.4 Å². The average molecular weight is 466 g/mol. The molecule has 3 aromatic rings. The van der Waals surface area contributed by atoms with E-state index in [1.807, 2.05) is 30.3 Å². The summed E-state index contributed by atoms with van der Waals surface area (Å²) in [6, 6.07) is 21.4. The van der Waals surface area contributed by atoms with Crippen molar-refractivity contribution < 1.29 is 17.9 Å². The predicted molar refractivity (Wildman–Crippen MR) is 130 cm³/mol. The van der Waals surface area contributed by atoms with Crippen molar-refractivity contribution in [2.24, 2.45) is 0 Å². The maximum atomic E-state index is 13.2. The molecule has 1 saturated heterocycles. The number of piperazine rings is 1. The summed E-state index contributed by atoms with van der Waals surface area (Å²) in [7, 11) is -2.18. The number of anilines is 2. The molecule has 7 nitrogen and oxygen atoms in total. The lowest BCUT2D eigenvalue weighted by Gasteiger charge is -2.36. The van der Waals surface area contributed by atoms with Gasteiger partial charge in [0.15, 0.2) is 0 Å². The Kier molecular flexibility index (Phi) is 6.55. The molecule has 0 saturated carbocycles. The first-order valence-electron chi connectivity index (χ1n) is 10.7. The summed E-state index contributed by atoms with van der Waals surface area (Å²) in [4.78, 5) is 17.2. The largest absolute Gasteiger partial charge is 0.497 e. The molecule has 1 heterocycles. The number of methoxy groups -OCH3 is 1.